The molecule has 0 radical (unpaired) electrons. The van der Waals surface area contributed by atoms with Crippen molar-refractivity contribution >= 4 is 0 Å². The monoisotopic (exact) mass is 262 g/mol. The molecule has 3 nitrogen and oxygen atoms in total. The molecule has 0 spiro atoms. The Morgan fingerprint density at radius 3 is 2.50 bits per heavy atom. The normalized spacial score (nSPS) is 13.2. The standard InChI is InChI=1S/C11H10F4N2O/c12-10(13)11(14,15)18-9-4-2-1-3-7(9)8(17)5-6-16/h1-4,8,10H,5,17H2/t8-/m0/s1. The zero-order valence-corrected chi connectivity index (χ0v) is 9.12. The highest BCUT2D eigenvalue weighted by molar-refractivity contribution is 5.36. The number of rotatable bonds is 5. The van der Waals surface area contributed by atoms with Gasteiger partial charge in [-0.1, -0.05) is 18.2 Å². The van der Waals surface area contributed by atoms with Gasteiger partial charge in [-0.15, -0.1) is 0 Å². The molecule has 0 unspecified atom stereocenters. The maximum absolute atomic E-state index is 12.8. The van der Waals surface area contributed by atoms with Gasteiger partial charge in [-0.2, -0.15) is 22.8 Å². The molecule has 0 saturated carbocycles. The molecule has 0 fully saturated rings. The van der Waals surface area contributed by atoms with Crippen LogP contribution >= 0.6 is 0 Å². The SMILES string of the molecule is N#CC[C@H](N)c1ccccc1OC(F)(F)C(F)F. The third-order valence-electron chi connectivity index (χ3n) is 2.13. The molecule has 1 atom stereocenters. The van der Waals surface area contributed by atoms with E-state index in [1.165, 1.54) is 18.2 Å². The van der Waals surface area contributed by atoms with Gasteiger partial charge in [-0.05, 0) is 6.07 Å². The summed E-state index contributed by atoms with van der Waals surface area (Å²) in [6.07, 6.45) is -8.68. The summed E-state index contributed by atoms with van der Waals surface area (Å²) in [5, 5.41) is 8.47. The summed E-state index contributed by atoms with van der Waals surface area (Å²) in [6.45, 7) is 0. The first kappa shape index (κ1) is 14.3. The van der Waals surface area contributed by atoms with Gasteiger partial charge in [-0.25, -0.2) is 0 Å². The summed E-state index contributed by atoms with van der Waals surface area (Å²) in [4.78, 5) is 0. The average molecular weight is 262 g/mol. The fourth-order valence-electron chi connectivity index (χ4n) is 1.28. The number of nitriles is 1. The summed E-state index contributed by atoms with van der Waals surface area (Å²) >= 11 is 0. The third-order valence-corrected chi connectivity index (χ3v) is 2.13. The molecule has 18 heavy (non-hydrogen) atoms. The van der Waals surface area contributed by atoms with Gasteiger partial charge in [0.2, 0.25) is 0 Å². The molecule has 98 valence electrons. The fourth-order valence-corrected chi connectivity index (χ4v) is 1.28. The first-order chi connectivity index (χ1) is 8.38. The highest BCUT2D eigenvalue weighted by atomic mass is 19.3. The van der Waals surface area contributed by atoms with Gasteiger partial charge in [-0.3, -0.25) is 0 Å². The van der Waals surface area contributed by atoms with Gasteiger partial charge >= 0.3 is 12.5 Å². The van der Waals surface area contributed by atoms with Crippen molar-refractivity contribution in [2.24, 2.45) is 5.73 Å². The molecule has 0 aliphatic carbocycles. The summed E-state index contributed by atoms with van der Waals surface area (Å²) in [5.41, 5.74) is 5.65. The van der Waals surface area contributed by atoms with Gasteiger partial charge in [0.15, 0.2) is 0 Å². The molecule has 0 aromatic heterocycles. The van der Waals surface area contributed by atoms with Crippen LogP contribution in [0.5, 0.6) is 5.75 Å². The van der Waals surface area contributed by atoms with E-state index in [0.717, 1.165) is 6.07 Å². The lowest BCUT2D eigenvalue weighted by molar-refractivity contribution is -0.253. The van der Waals surface area contributed by atoms with Crippen LogP contribution in [0.4, 0.5) is 17.6 Å². The lowest BCUT2D eigenvalue weighted by Gasteiger charge is -2.20. The summed E-state index contributed by atoms with van der Waals surface area (Å²) in [6, 6.07) is 6.17. The predicted molar refractivity (Wildman–Crippen MR) is 55.2 cm³/mol. The number of nitrogens with two attached hydrogens (primary N) is 1. The lowest BCUT2D eigenvalue weighted by Crippen LogP contribution is -2.34. The second-order valence-corrected chi connectivity index (χ2v) is 3.47. The molecule has 0 saturated heterocycles. The van der Waals surface area contributed by atoms with Crippen molar-refractivity contribution < 1.29 is 22.3 Å². The van der Waals surface area contributed by atoms with E-state index >= 15 is 0 Å². The van der Waals surface area contributed by atoms with Gasteiger partial charge in [0.1, 0.15) is 5.75 Å². The predicted octanol–water partition coefficient (Wildman–Crippen LogP) is 2.84. The molecule has 0 aliphatic rings. The van der Waals surface area contributed by atoms with Gasteiger partial charge in [0.25, 0.3) is 0 Å². The lowest BCUT2D eigenvalue weighted by atomic mass is 10.0. The number of halogens is 4. The van der Waals surface area contributed by atoms with E-state index in [-0.39, 0.29) is 12.0 Å². The number of hydrogen-bond acceptors (Lipinski definition) is 3. The molecular weight excluding hydrogens is 252 g/mol. The maximum Gasteiger partial charge on any atom is 0.461 e. The molecule has 1 aromatic rings. The van der Waals surface area contributed by atoms with Crippen LogP contribution in [0.1, 0.15) is 18.0 Å². The smallest absolute Gasteiger partial charge is 0.428 e. The summed E-state index contributed by atoms with van der Waals surface area (Å²) in [7, 11) is 0. The van der Waals surface area contributed by atoms with Crippen molar-refractivity contribution in [2.75, 3.05) is 0 Å². The van der Waals surface area contributed by atoms with Crippen LogP contribution in [0.2, 0.25) is 0 Å². The molecule has 1 aromatic carbocycles. The van der Waals surface area contributed by atoms with Crippen LogP contribution in [0, 0.1) is 11.3 Å². The minimum atomic E-state index is -4.59. The first-order valence-corrected chi connectivity index (χ1v) is 4.95. The zero-order chi connectivity index (χ0) is 13.8. The van der Waals surface area contributed by atoms with Crippen LogP contribution in [0.3, 0.4) is 0 Å². The molecule has 0 heterocycles. The second-order valence-electron chi connectivity index (χ2n) is 3.47. The highest BCUT2D eigenvalue weighted by Gasteiger charge is 2.44. The number of hydrogen-bond donors (Lipinski definition) is 1. The molecule has 1 rings (SSSR count). The topological polar surface area (TPSA) is 59.0 Å². The number of alkyl halides is 4. The third kappa shape index (κ3) is 3.34. The van der Waals surface area contributed by atoms with Crippen molar-refractivity contribution in [1.29, 1.82) is 5.26 Å². The zero-order valence-electron chi connectivity index (χ0n) is 9.12. The Hall–Kier alpha value is -1.81. The van der Waals surface area contributed by atoms with Crippen molar-refractivity contribution in [3.05, 3.63) is 29.8 Å². The number of nitrogens with zero attached hydrogens (tertiary/aromatic N) is 1. The fraction of sp³-hybridized carbons (Fsp3) is 0.364. The Morgan fingerprint density at radius 1 is 1.33 bits per heavy atom. The molecule has 7 heteroatoms. The van der Waals surface area contributed by atoms with Gasteiger partial charge < -0.3 is 10.5 Å². The van der Waals surface area contributed by atoms with E-state index in [1.807, 2.05) is 0 Å². The van der Waals surface area contributed by atoms with E-state index in [9.17, 15) is 17.6 Å². The van der Waals surface area contributed by atoms with Crippen LogP contribution in [-0.2, 0) is 0 Å². The number of para-hydroxylation sites is 1. The Bertz CT molecular complexity index is 445. The van der Waals surface area contributed by atoms with Gasteiger partial charge in [0.05, 0.1) is 12.5 Å². The first-order valence-electron chi connectivity index (χ1n) is 4.95. The molecular formula is C11H10F4N2O. The molecule has 0 aliphatic heterocycles. The van der Waals surface area contributed by atoms with Crippen molar-refractivity contribution in [3.8, 4) is 11.8 Å². The minimum absolute atomic E-state index is 0.0828. The van der Waals surface area contributed by atoms with E-state index in [4.69, 9.17) is 11.0 Å². The minimum Gasteiger partial charge on any atom is -0.428 e. The van der Waals surface area contributed by atoms with E-state index in [0.29, 0.717) is 0 Å². The maximum atomic E-state index is 12.8. The van der Waals surface area contributed by atoms with Crippen LogP contribution in [0.15, 0.2) is 24.3 Å². The van der Waals surface area contributed by atoms with E-state index in [1.54, 1.807) is 6.07 Å². The molecule has 2 N–H and O–H groups in total. The van der Waals surface area contributed by atoms with Crippen LogP contribution in [-0.4, -0.2) is 12.5 Å². The molecule has 0 bridgehead atoms. The van der Waals surface area contributed by atoms with Crippen LogP contribution in [0.25, 0.3) is 0 Å². The van der Waals surface area contributed by atoms with Gasteiger partial charge in [0, 0.05) is 11.6 Å². The number of ether oxygens (including phenoxy) is 1. The Balaban J connectivity index is 3.00. The number of benzene rings is 1. The Morgan fingerprint density at radius 2 is 1.94 bits per heavy atom. The second kappa shape index (κ2) is 5.69. The quantitative estimate of drug-likeness (QED) is 0.830. The van der Waals surface area contributed by atoms with Crippen molar-refractivity contribution in [3.63, 3.8) is 0 Å². The summed E-state index contributed by atoms with van der Waals surface area (Å²) < 4.78 is 53.6. The average Bonchev–Trinajstić information content (AvgIpc) is 2.29. The highest BCUT2D eigenvalue weighted by Crippen LogP contribution is 2.32. The Kier molecular flexibility index (Phi) is 4.50. The largest absolute Gasteiger partial charge is 0.461 e. The van der Waals surface area contributed by atoms with E-state index in [2.05, 4.69) is 4.74 Å². The Labute approximate surface area is 101 Å². The van der Waals surface area contributed by atoms with Crippen LogP contribution < -0.4 is 10.5 Å². The summed E-state index contributed by atoms with van der Waals surface area (Å²) in [5.74, 6) is -0.453. The van der Waals surface area contributed by atoms with Crippen molar-refractivity contribution in [1.82, 2.24) is 0 Å². The molecule has 0 amide bonds. The van der Waals surface area contributed by atoms with E-state index < -0.39 is 24.3 Å². The van der Waals surface area contributed by atoms with Crippen molar-refractivity contribution in [2.45, 2.75) is 25.0 Å².